The van der Waals surface area contributed by atoms with E-state index >= 15 is 0 Å². The molecule has 1 aromatic rings. The average molecular weight is 553 g/mol. The van der Waals surface area contributed by atoms with E-state index < -0.39 is 17.7 Å². The minimum Gasteiger partial charge on any atom is -0.481 e. The zero-order chi connectivity index (χ0) is 28.5. The Bertz CT molecular complexity index is 1080. The van der Waals surface area contributed by atoms with Gasteiger partial charge in [0.15, 0.2) is 0 Å². The van der Waals surface area contributed by atoms with Crippen LogP contribution in [0.1, 0.15) is 75.1 Å². The van der Waals surface area contributed by atoms with E-state index in [0.717, 1.165) is 38.5 Å². The van der Waals surface area contributed by atoms with Gasteiger partial charge in [-0.1, -0.05) is 44.4 Å². The van der Waals surface area contributed by atoms with Gasteiger partial charge in [0.05, 0.1) is 12.6 Å². The van der Waals surface area contributed by atoms with Gasteiger partial charge in [-0.15, -0.1) is 0 Å². The van der Waals surface area contributed by atoms with Crippen molar-refractivity contribution < 1.29 is 24.2 Å². The molecule has 9 nitrogen and oxygen atoms in total. The van der Waals surface area contributed by atoms with Crippen molar-refractivity contribution in [2.75, 3.05) is 39.8 Å². The molecule has 3 N–H and O–H groups in total. The third-order valence-electron chi connectivity index (χ3n) is 8.73. The molecule has 0 radical (unpaired) electrons. The van der Waals surface area contributed by atoms with Crippen molar-refractivity contribution in [3.05, 3.63) is 29.8 Å². The van der Waals surface area contributed by atoms with Crippen molar-refractivity contribution in [2.24, 2.45) is 5.92 Å². The summed E-state index contributed by atoms with van der Waals surface area (Å²) in [7, 11) is 1.59. The molecule has 9 heteroatoms. The Morgan fingerprint density at radius 1 is 1.15 bits per heavy atom. The van der Waals surface area contributed by atoms with Crippen molar-refractivity contribution in [3.8, 4) is 17.6 Å². The van der Waals surface area contributed by atoms with Crippen LogP contribution in [0.2, 0.25) is 0 Å². The highest BCUT2D eigenvalue weighted by Crippen LogP contribution is 2.36. The quantitative estimate of drug-likeness (QED) is 0.406. The molecule has 3 aliphatic rings. The normalized spacial score (nSPS) is 22.3. The molecule has 1 saturated carbocycles. The zero-order valence-electron chi connectivity index (χ0n) is 23.9. The van der Waals surface area contributed by atoms with Gasteiger partial charge in [-0.2, -0.15) is 0 Å². The van der Waals surface area contributed by atoms with Crippen molar-refractivity contribution in [1.82, 2.24) is 20.4 Å². The van der Waals surface area contributed by atoms with Gasteiger partial charge in [0.2, 0.25) is 11.8 Å². The second-order valence-corrected chi connectivity index (χ2v) is 11.2. The third-order valence-corrected chi connectivity index (χ3v) is 8.73. The number of likely N-dealkylation sites (tertiary alicyclic amines) is 1. The Hall–Kier alpha value is -3.09. The lowest BCUT2D eigenvalue weighted by Gasteiger charge is -2.52. The number of hydrogen-bond donors (Lipinski definition) is 3. The van der Waals surface area contributed by atoms with E-state index in [1.165, 1.54) is 6.42 Å². The second-order valence-electron chi connectivity index (χ2n) is 11.2. The van der Waals surface area contributed by atoms with Gasteiger partial charge >= 0.3 is 0 Å². The Morgan fingerprint density at radius 2 is 1.85 bits per heavy atom. The maximum atomic E-state index is 13.7. The summed E-state index contributed by atoms with van der Waals surface area (Å²) in [5.74, 6) is 6.51. The maximum absolute atomic E-state index is 13.7. The Balaban J connectivity index is 1.31. The van der Waals surface area contributed by atoms with Gasteiger partial charge in [-0.3, -0.25) is 19.3 Å². The number of ether oxygens (including phenoxy) is 1. The summed E-state index contributed by atoms with van der Waals surface area (Å²) in [5, 5.41) is 16.7. The van der Waals surface area contributed by atoms with Crippen LogP contribution in [0.4, 0.5) is 0 Å². The fourth-order valence-corrected chi connectivity index (χ4v) is 6.22. The summed E-state index contributed by atoms with van der Waals surface area (Å²) in [6.07, 6.45) is 7.15. The van der Waals surface area contributed by atoms with E-state index in [1.807, 2.05) is 0 Å². The summed E-state index contributed by atoms with van der Waals surface area (Å²) in [5.41, 5.74) is -0.288. The number of carbonyl (C=O) groups is 3. The molecule has 0 unspecified atom stereocenters. The van der Waals surface area contributed by atoms with Crippen molar-refractivity contribution >= 4 is 17.7 Å². The molecule has 4 rings (SSSR count). The number of unbranched alkanes of at least 4 members (excludes halogenated alkanes) is 1. The van der Waals surface area contributed by atoms with E-state index in [-0.39, 0.29) is 30.2 Å². The topological polar surface area (TPSA) is 111 Å². The minimum atomic E-state index is -0.858. The van der Waals surface area contributed by atoms with Crippen molar-refractivity contribution in [1.29, 1.82) is 0 Å². The van der Waals surface area contributed by atoms with Gasteiger partial charge < -0.3 is 25.4 Å². The van der Waals surface area contributed by atoms with Crippen LogP contribution >= 0.6 is 0 Å². The van der Waals surface area contributed by atoms with Crippen molar-refractivity contribution in [2.45, 2.75) is 82.4 Å². The second kappa shape index (κ2) is 14.0. The van der Waals surface area contributed by atoms with Gasteiger partial charge in [-0.05, 0) is 62.3 Å². The number of nitrogens with one attached hydrogen (secondary N) is 2. The van der Waals surface area contributed by atoms with E-state index in [9.17, 15) is 19.5 Å². The molecule has 0 bridgehead atoms. The van der Waals surface area contributed by atoms with Gasteiger partial charge in [-0.25, -0.2) is 0 Å². The first-order chi connectivity index (χ1) is 19.4. The molecule has 2 saturated heterocycles. The first-order valence-corrected chi connectivity index (χ1v) is 14.8. The van der Waals surface area contributed by atoms with Crippen LogP contribution in [0.3, 0.4) is 0 Å². The molecular weight excluding hydrogens is 508 g/mol. The molecule has 2 atom stereocenters. The molecule has 218 valence electrons. The fraction of sp³-hybridized carbons (Fsp3) is 0.645. The third kappa shape index (κ3) is 6.79. The predicted octanol–water partition coefficient (Wildman–Crippen LogP) is 2.33. The highest BCUT2D eigenvalue weighted by molar-refractivity contribution is 6.00. The first kappa shape index (κ1) is 29.9. The highest BCUT2D eigenvalue weighted by Gasteiger charge is 2.55. The summed E-state index contributed by atoms with van der Waals surface area (Å²) in [4.78, 5) is 43.0. The average Bonchev–Trinajstić information content (AvgIpc) is 2.99. The molecule has 3 amide bonds. The number of aliphatic hydroxyl groups is 1. The molecule has 0 aromatic heterocycles. The maximum Gasteiger partial charge on any atom is 0.251 e. The highest BCUT2D eigenvalue weighted by atomic mass is 16.5. The van der Waals surface area contributed by atoms with Crippen LogP contribution < -0.4 is 15.4 Å². The van der Waals surface area contributed by atoms with Gasteiger partial charge in [0.1, 0.15) is 23.9 Å². The molecule has 2 aliphatic heterocycles. The number of benzene rings is 1. The molecule has 40 heavy (non-hydrogen) atoms. The number of nitrogens with zero attached hydrogens (tertiary/aromatic N) is 2. The summed E-state index contributed by atoms with van der Waals surface area (Å²) < 4.78 is 5.66. The zero-order valence-corrected chi connectivity index (χ0v) is 23.9. The number of piperazine rings is 1. The molecule has 3 fully saturated rings. The number of hydrogen-bond acceptors (Lipinski definition) is 6. The number of aliphatic hydroxyl groups excluding tert-OH is 1. The lowest BCUT2D eigenvalue weighted by molar-refractivity contribution is -0.165. The first-order valence-electron chi connectivity index (χ1n) is 14.8. The largest absolute Gasteiger partial charge is 0.481 e. The molecule has 1 aliphatic carbocycles. The van der Waals surface area contributed by atoms with Crippen LogP contribution in [-0.4, -0.2) is 90.1 Å². The monoisotopic (exact) mass is 552 g/mol. The number of amides is 3. The predicted molar refractivity (Wildman–Crippen MR) is 153 cm³/mol. The SMILES string of the molecule is CCCCN1C(=O)[C@@H]([C@H](O)C2CCCCC2)NC(=O)C12CCN(CC#CCOc1ccc(C(=O)NC)cc1)CC2. The van der Waals surface area contributed by atoms with Gasteiger partial charge in [0.25, 0.3) is 5.91 Å². The van der Waals surface area contributed by atoms with E-state index in [0.29, 0.717) is 50.3 Å². The van der Waals surface area contributed by atoms with Gasteiger partial charge in [0, 0.05) is 32.2 Å². The van der Waals surface area contributed by atoms with E-state index in [2.05, 4.69) is 34.3 Å². The van der Waals surface area contributed by atoms with Crippen LogP contribution in [0.15, 0.2) is 24.3 Å². The molecule has 1 aromatic carbocycles. The number of rotatable bonds is 9. The Morgan fingerprint density at radius 3 is 2.50 bits per heavy atom. The lowest BCUT2D eigenvalue weighted by atomic mass is 9.78. The van der Waals surface area contributed by atoms with Crippen LogP contribution in [0.5, 0.6) is 5.75 Å². The molecule has 1 spiro atoms. The van der Waals surface area contributed by atoms with Crippen LogP contribution in [0.25, 0.3) is 0 Å². The van der Waals surface area contributed by atoms with E-state index in [1.54, 1.807) is 36.2 Å². The lowest BCUT2D eigenvalue weighted by Crippen LogP contribution is -2.75. The van der Waals surface area contributed by atoms with Crippen molar-refractivity contribution in [3.63, 3.8) is 0 Å². The fourth-order valence-electron chi connectivity index (χ4n) is 6.22. The Kier molecular flexibility index (Phi) is 10.5. The summed E-state index contributed by atoms with van der Waals surface area (Å²) in [6, 6.07) is 6.06. The summed E-state index contributed by atoms with van der Waals surface area (Å²) >= 11 is 0. The number of piperidine rings is 1. The number of carbonyl (C=O) groups excluding carboxylic acids is 3. The van der Waals surface area contributed by atoms with Crippen LogP contribution in [-0.2, 0) is 9.59 Å². The Labute approximate surface area is 238 Å². The van der Waals surface area contributed by atoms with E-state index in [4.69, 9.17) is 4.74 Å². The molecular formula is C31H44N4O5. The smallest absolute Gasteiger partial charge is 0.251 e. The van der Waals surface area contributed by atoms with Crippen LogP contribution in [0, 0.1) is 17.8 Å². The molecule has 2 heterocycles. The standard InChI is InChI=1S/C31H44N4O5/c1-3-4-19-35-29(38)26(27(36)23-10-6-5-7-11-23)33-30(39)31(35)16-20-34(21-17-31)18-8-9-22-40-25-14-12-24(13-15-25)28(37)32-2/h12-15,23,26-27,36H,3-7,10-11,16-22H2,1-2H3,(H,32,37)(H,33,39)/t26-,27-/m1/s1. The minimum absolute atomic E-state index is 0.0661. The summed E-state index contributed by atoms with van der Waals surface area (Å²) in [6.45, 7) is 4.75.